The summed E-state index contributed by atoms with van der Waals surface area (Å²) in [7, 11) is 0. The molecule has 2 aromatic rings. The van der Waals surface area contributed by atoms with Crippen molar-refractivity contribution >= 4 is 23.2 Å². The van der Waals surface area contributed by atoms with Crippen LogP contribution < -0.4 is 10.3 Å². The van der Waals surface area contributed by atoms with Gasteiger partial charge in [-0.2, -0.15) is 0 Å². The predicted octanol–water partition coefficient (Wildman–Crippen LogP) is 1.55. The van der Waals surface area contributed by atoms with Crippen LogP contribution in [0.25, 0.3) is 5.69 Å². The van der Waals surface area contributed by atoms with Crippen molar-refractivity contribution in [3.8, 4) is 5.69 Å². The fourth-order valence-corrected chi connectivity index (χ4v) is 1.31. The van der Waals surface area contributed by atoms with E-state index in [0.29, 0.717) is 15.7 Å². The number of H-pyrrole nitrogens is 1. The van der Waals surface area contributed by atoms with Gasteiger partial charge in [-0.15, -0.1) is 0 Å². The van der Waals surface area contributed by atoms with E-state index < -0.39 is 5.63 Å². The lowest BCUT2D eigenvalue weighted by atomic mass is 10.3. The first-order chi connectivity index (χ1) is 6.66. The van der Waals surface area contributed by atoms with Gasteiger partial charge in [-0.25, -0.2) is 4.79 Å². The molecule has 0 unspecified atom stereocenters. The summed E-state index contributed by atoms with van der Waals surface area (Å²) in [5, 5.41) is 3.27. The third-order valence-corrected chi connectivity index (χ3v) is 2.40. The van der Waals surface area contributed by atoms with Crippen molar-refractivity contribution in [2.24, 2.45) is 0 Å². The molecule has 72 valence electrons. The van der Waals surface area contributed by atoms with Crippen LogP contribution in [-0.4, -0.2) is 5.27 Å². The van der Waals surface area contributed by atoms with Crippen molar-refractivity contribution in [3.63, 3.8) is 0 Å². The average Bonchev–Trinajstić information content (AvgIpc) is 2.57. The Morgan fingerprint density at radius 3 is 2.64 bits per heavy atom. The van der Waals surface area contributed by atoms with Crippen LogP contribution in [0.5, 0.6) is 0 Å². The molecule has 0 fully saturated rings. The molecule has 0 spiro atoms. The topological polar surface area (TPSA) is 49.9 Å². The molecule has 1 aromatic heterocycles. The van der Waals surface area contributed by atoms with Crippen molar-refractivity contribution in [3.05, 3.63) is 44.9 Å². The molecule has 1 N–H and O–H groups in total. The number of hydrogen-bond donors (Lipinski definition) is 1. The lowest BCUT2D eigenvalue weighted by Gasteiger charge is -1.93. The summed E-state index contributed by atoms with van der Waals surface area (Å²) in [6, 6.07) is 4.96. The number of aromatic nitrogens is 2. The SMILES string of the molecule is O=c1c[n+](-c2ccc(Cl)c(Cl)c2)[nH]o1. The maximum atomic E-state index is 10.7. The van der Waals surface area contributed by atoms with Crippen LogP contribution in [0.15, 0.2) is 33.7 Å². The monoisotopic (exact) mass is 231 g/mol. The zero-order valence-corrected chi connectivity index (χ0v) is 8.34. The van der Waals surface area contributed by atoms with E-state index >= 15 is 0 Å². The summed E-state index contributed by atoms with van der Waals surface area (Å²) in [5.41, 5.74) is 0.210. The number of rotatable bonds is 1. The Morgan fingerprint density at radius 2 is 2.07 bits per heavy atom. The third kappa shape index (κ3) is 1.66. The molecule has 1 heterocycles. The highest BCUT2D eigenvalue weighted by Gasteiger charge is 2.11. The maximum Gasteiger partial charge on any atom is 0.427 e. The molecule has 0 atom stereocenters. The minimum absolute atomic E-state index is 0.415. The second-order valence-electron chi connectivity index (χ2n) is 2.61. The van der Waals surface area contributed by atoms with Crippen molar-refractivity contribution in [2.75, 3.05) is 0 Å². The van der Waals surface area contributed by atoms with Crippen molar-refractivity contribution in [2.45, 2.75) is 0 Å². The third-order valence-electron chi connectivity index (χ3n) is 1.66. The Hall–Kier alpha value is -1.26. The fourth-order valence-electron chi connectivity index (χ4n) is 1.01. The predicted molar refractivity (Wildman–Crippen MR) is 50.9 cm³/mol. The first-order valence-electron chi connectivity index (χ1n) is 3.72. The molecule has 0 radical (unpaired) electrons. The number of benzene rings is 1. The van der Waals surface area contributed by atoms with Gasteiger partial charge in [0.25, 0.3) is 6.20 Å². The van der Waals surface area contributed by atoms with Gasteiger partial charge in [-0.1, -0.05) is 23.2 Å². The molecule has 0 bridgehead atoms. The normalized spacial score (nSPS) is 10.4. The van der Waals surface area contributed by atoms with Crippen LogP contribution >= 0.6 is 23.2 Å². The lowest BCUT2D eigenvalue weighted by molar-refractivity contribution is -0.670. The summed E-state index contributed by atoms with van der Waals surface area (Å²) < 4.78 is 5.90. The highest BCUT2D eigenvalue weighted by Crippen LogP contribution is 2.22. The number of aromatic amines is 1. The summed E-state index contributed by atoms with van der Waals surface area (Å²) >= 11 is 11.5. The summed E-state index contributed by atoms with van der Waals surface area (Å²) in [6.07, 6.45) is 1.26. The second kappa shape index (κ2) is 3.48. The van der Waals surface area contributed by atoms with Crippen LogP contribution in [0.4, 0.5) is 0 Å². The van der Waals surface area contributed by atoms with Gasteiger partial charge in [-0.05, 0) is 16.0 Å². The quantitative estimate of drug-likeness (QED) is 0.758. The molecule has 0 aliphatic carbocycles. The van der Waals surface area contributed by atoms with Gasteiger partial charge in [0.1, 0.15) is 0 Å². The van der Waals surface area contributed by atoms with Crippen LogP contribution in [0.1, 0.15) is 0 Å². The van der Waals surface area contributed by atoms with E-state index in [-0.39, 0.29) is 0 Å². The standard InChI is InChI=1S/C8H4Cl2N2O2/c9-6-2-1-5(3-7(6)10)12-4-8(13)14-11-12/h1-4H/p+1. The highest BCUT2D eigenvalue weighted by atomic mass is 35.5. The van der Waals surface area contributed by atoms with Crippen LogP contribution in [0.2, 0.25) is 10.0 Å². The average molecular weight is 232 g/mol. The minimum atomic E-state index is -0.462. The summed E-state index contributed by atoms with van der Waals surface area (Å²) in [4.78, 5) is 10.7. The Balaban J connectivity index is 2.52. The molecule has 14 heavy (non-hydrogen) atoms. The van der Waals surface area contributed by atoms with Crippen LogP contribution in [0.3, 0.4) is 0 Å². The second-order valence-corrected chi connectivity index (χ2v) is 3.42. The number of nitrogens with zero attached hydrogens (tertiary/aromatic N) is 1. The molecule has 0 aliphatic rings. The molecule has 4 nitrogen and oxygen atoms in total. The Kier molecular flexibility index (Phi) is 2.31. The zero-order valence-electron chi connectivity index (χ0n) is 6.83. The first-order valence-corrected chi connectivity index (χ1v) is 4.48. The lowest BCUT2D eigenvalue weighted by Crippen LogP contribution is -2.32. The molecular weight excluding hydrogens is 227 g/mol. The van der Waals surface area contributed by atoms with Gasteiger partial charge in [0, 0.05) is 12.1 Å². The van der Waals surface area contributed by atoms with Gasteiger partial charge < -0.3 is 0 Å². The van der Waals surface area contributed by atoms with Crippen molar-refractivity contribution < 1.29 is 9.20 Å². The van der Waals surface area contributed by atoms with E-state index in [1.54, 1.807) is 18.2 Å². The van der Waals surface area contributed by atoms with Gasteiger partial charge in [-0.3, -0.25) is 4.52 Å². The van der Waals surface area contributed by atoms with E-state index in [1.807, 2.05) is 0 Å². The van der Waals surface area contributed by atoms with E-state index in [4.69, 9.17) is 23.2 Å². The minimum Gasteiger partial charge on any atom is -0.283 e. The molecule has 1 aromatic carbocycles. The van der Waals surface area contributed by atoms with E-state index in [2.05, 4.69) is 9.79 Å². The summed E-state index contributed by atoms with van der Waals surface area (Å²) in [5.74, 6) is 0. The Bertz CT molecular complexity index is 518. The van der Waals surface area contributed by atoms with E-state index in [1.165, 1.54) is 10.9 Å². The Labute approximate surface area is 88.6 Å². The molecule has 0 saturated carbocycles. The maximum absolute atomic E-state index is 10.7. The number of halogens is 2. The largest absolute Gasteiger partial charge is 0.427 e. The molecule has 0 amide bonds. The number of nitrogens with one attached hydrogen (secondary N) is 1. The smallest absolute Gasteiger partial charge is 0.283 e. The molecule has 2 rings (SSSR count). The molecule has 6 heteroatoms. The molecule has 0 saturated heterocycles. The fraction of sp³-hybridized carbons (Fsp3) is 0. The van der Waals surface area contributed by atoms with Crippen molar-refractivity contribution in [1.29, 1.82) is 0 Å². The van der Waals surface area contributed by atoms with E-state index in [0.717, 1.165) is 0 Å². The zero-order chi connectivity index (χ0) is 10.1. The van der Waals surface area contributed by atoms with E-state index in [9.17, 15) is 4.79 Å². The van der Waals surface area contributed by atoms with Gasteiger partial charge in [0.2, 0.25) is 5.69 Å². The first kappa shape index (κ1) is 9.30. The van der Waals surface area contributed by atoms with Crippen LogP contribution in [0, 0.1) is 0 Å². The molecule has 0 aliphatic heterocycles. The van der Waals surface area contributed by atoms with Gasteiger partial charge in [0.05, 0.1) is 10.0 Å². The summed E-state index contributed by atoms with van der Waals surface area (Å²) in [6.45, 7) is 0. The Morgan fingerprint density at radius 1 is 1.29 bits per heavy atom. The van der Waals surface area contributed by atoms with Crippen molar-refractivity contribution in [1.82, 2.24) is 5.27 Å². The highest BCUT2D eigenvalue weighted by molar-refractivity contribution is 6.42. The van der Waals surface area contributed by atoms with Gasteiger partial charge >= 0.3 is 5.63 Å². The number of hydrogen-bond acceptors (Lipinski definition) is 2. The van der Waals surface area contributed by atoms with Crippen LogP contribution in [-0.2, 0) is 0 Å². The van der Waals surface area contributed by atoms with Gasteiger partial charge in [0.15, 0.2) is 0 Å². The molecular formula is C8H5Cl2N2O2+.